The molecule has 3 aromatic carbocycles. The van der Waals surface area contributed by atoms with Crippen LogP contribution in [-0.2, 0) is 0 Å². The molecule has 0 aliphatic carbocycles. The first-order valence-electron chi connectivity index (χ1n) is 11.1. The van der Waals surface area contributed by atoms with Gasteiger partial charge in [-0.2, -0.15) is 5.10 Å². The fourth-order valence-corrected chi connectivity index (χ4v) is 3.43. The van der Waals surface area contributed by atoms with Gasteiger partial charge in [-0.15, -0.1) is 0 Å². The first-order valence-corrected chi connectivity index (χ1v) is 11.1. The van der Waals surface area contributed by atoms with Crippen molar-refractivity contribution in [2.24, 2.45) is 10.1 Å². The van der Waals surface area contributed by atoms with E-state index in [9.17, 15) is 4.79 Å². The van der Waals surface area contributed by atoms with Crippen molar-refractivity contribution in [1.29, 1.82) is 0 Å². The Hall–Kier alpha value is -4.73. The molecule has 1 amide bonds. The molecule has 0 aliphatic rings. The second-order valence-corrected chi connectivity index (χ2v) is 7.42. The van der Waals surface area contributed by atoms with Gasteiger partial charge >= 0.3 is 0 Å². The van der Waals surface area contributed by atoms with Gasteiger partial charge in [-0.25, -0.2) is 5.43 Å². The molecule has 0 aliphatic heterocycles. The van der Waals surface area contributed by atoms with Gasteiger partial charge in [-0.05, 0) is 48.5 Å². The van der Waals surface area contributed by atoms with Crippen molar-refractivity contribution in [3.05, 3.63) is 65.2 Å². The lowest BCUT2D eigenvalue weighted by atomic mass is 10.2. The third-order valence-electron chi connectivity index (χ3n) is 5.25. The normalized spacial score (nSPS) is 10.9. The number of hydrazone groups is 1. The largest absolute Gasteiger partial charge is 0.493 e. The Morgan fingerprint density at radius 1 is 0.649 bits per heavy atom. The van der Waals surface area contributed by atoms with Crippen LogP contribution in [0.25, 0.3) is 0 Å². The van der Waals surface area contributed by atoms with Gasteiger partial charge < -0.3 is 28.4 Å². The van der Waals surface area contributed by atoms with E-state index in [4.69, 9.17) is 28.4 Å². The molecule has 0 heterocycles. The van der Waals surface area contributed by atoms with Crippen molar-refractivity contribution in [3.63, 3.8) is 0 Å². The molecule has 0 radical (unpaired) electrons. The number of rotatable bonds is 11. The Labute approximate surface area is 215 Å². The SMILES string of the molecule is COc1cc(C=Nc2ccc(C(=O)N/N=C/c3cc(OC)c(OC)c(OC)c3)cc2)cc(OC)c1OC. The third-order valence-corrected chi connectivity index (χ3v) is 5.25. The minimum absolute atomic E-state index is 0.371. The van der Waals surface area contributed by atoms with Crippen LogP contribution in [0.1, 0.15) is 21.5 Å². The molecule has 3 rings (SSSR count). The predicted molar refractivity (Wildman–Crippen MR) is 141 cm³/mol. The van der Waals surface area contributed by atoms with Crippen molar-refractivity contribution in [2.75, 3.05) is 42.7 Å². The van der Waals surface area contributed by atoms with E-state index in [1.54, 1.807) is 76.1 Å². The number of amides is 1. The number of carbonyl (C=O) groups is 1. The lowest BCUT2D eigenvalue weighted by molar-refractivity contribution is 0.0955. The molecular formula is C27H29N3O7. The van der Waals surface area contributed by atoms with Crippen molar-refractivity contribution >= 4 is 24.0 Å². The number of nitrogens with zero attached hydrogens (tertiary/aromatic N) is 2. The Morgan fingerprint density at radius 2 is 1.08 bits per heavy atom. The number of aliphatic imine (C=N–C) groups is 1. The Balaban J connectivity index is 1.68. The monoisotopic (exact) mass is 507 g/mol. The van der Waals surface area contributed by atoms with Crippen molar-refractivity contribution in [1.82, 2.24) is 5.43 Å². The summed E-state index contributed by atoms with van der Waals surface area (Å²) in [5.41, 5.74) is 5.01. The topological polar surface area (TPSA) is 109 Å². The summed E-state index contributed by atoms with van der Waals surface area (Å²) >= 11 is 0. The molecule has 0 saturated carbocycles. The highest BCUT2D eigenvalue weighted by Crippen LogP contribution is 2.38. The summed E-state index contributed by atoms with van der Waals surface area (Å²) in [6.45, 7) is 0. The van der Waals surface area contributed by atoms with Crippen LogP contribution < -0.4 is 33.8 Å². The summed E-state index contributed by atoms with van der Waals surface area (Å²) in [4.78, 5) is 17.0. The highest BCUT2D eigenvalue weighted by atomic mass is 16.5. The predicted octanol–water partition coefficient (Wildman–Crippen LogP) is 4.25. The van der Waals surface area contributed by atoms with Gasteiger partial charge in [0.25, 0.3) is 5.91 Å². The summed E-state index contributed by atoms with van der Waals surface area (Å²) in [6, 6.07) is 13.8. The zero-order valence-corrected chi connectivity index (χ0v) is 21.5. The third kappa shape index (κ3) is 6.49. The highest BCUT2D eigenvalue weighted by molar-refractivity contribution is 5.95. The van der Waals surface area contributed by atoms with Crippen LogP contribution in [-0.4, -0.2) is 61.0 Å². The standard InChI is InChI=1S/C27H29N3O7/c1-32-21-11-17(12-22(33-2)25(21)36-5)15-28-20-9-7-19(8-10-20)27(31)30-29-16-18-13-23(34-3)26(37-6)24(14-18)35-4/h7-16H,1-6H3,(H,30,31)/b28-15?,29-16+. The Bertz CT molecular complexity index is 1240. The van der Waals surface area contributed by atoms with E-state index in [0.717, 1.165) is 5.56 Å². The van der Waals surface area contributed by atoms with Gasteiger partial charge in [0.05, 0.1) is 54.6 Å². The first-order chi connectivity index (χ1) is 18.0. The van der Waals surface area contributed by atoms with Crippen LogP contribution >= 0.6 is 0 Å². The molecule has 10 nitrogen and oxygen atoms in total. The lowest BCUT2D eigenvalue weighted by Crippen LogP contribution is -2.17. The molecule has 0 saturated heterocycles. The number of methoxy groups -OCH3 is 6. The number of ether oxygens (including phenoxy) is 6. The van der Waals surface area contributed by atoms with E-state index in [1.807, 2.05) is 0 Å². The van der Waals surface area contributed by atoms with Crippen molar-refractivity contribution < 1.29 is 33.2 Å². The number of carbonyl (C=O) groups excluding carboxylic acids is 1. The molecule has 194 valence electrons. The smallest absolute Gasteiger partial charge is 0.271 e. The molecule has 0 fully saturated rings. The van der Waals surface area contributed by atoms with E-state index in [1.165, 1.54) is 27.5 Å². The van der Waals surface area contributed by atoms with Crippen LogP contribution in [0.3, 0.4) is 0 Å². The molecule has 0 atom stereocenters. The van der Waals surface area contributed by atoms with Crippen molar-refractivity contribution in [2.45, 2.75) is 0 Å². The molecule has 10 heteroatoms. The molecule has 3 aromatic rings. The zero-order valence-electron chi connectivity index (χ0n) is 21.5. The summed E-state index contributed by atoms with van der Waals surface area (Å²) in [5.74, 6) is 2.63. The average Bonchev–Trinajstić information content (AvgIpc) is 2.94. The molecular weight excluding hydrogens is 478 g/mol. The van der Waals surface area contributed by atoms with E-state index in [-0.39, 0.29) is 5.91 Å². The number of hydrogen-bond acceptors (Lipinski definition) is 9. The van der Waals surface area contributed by atoms with Gasteiger partial charge in [0, 0.05) is 22.9 Å². The number of hydrogen-bond donors (Lipinski definition) is 1. The second kappa shape index (κ2) is 12.8. The van der Waals surface area contributed by atoms with Crippen LogP contribution in [0, 0.1) is 0 Å². The van der Waals surface area contributed by atoms with Crippen LogP contribution in [0.15, 0.2) is 58.6 Å². The summed E-state index contributed by atoms with van der Waals surface area (Å²) in [7, 11) is 9.23. The maximum Gasteiger partial charge on any atom is 0.271 e. The summed E-state index contributed by atoms with van der Waals surface area (Å²) in [5, 5.41) is 4.03. The van der Waals surface area contributed by atoms with E-state index in [2.05, 4.69) is 15.5 Å². The van der Waals surface area contributed by atoms with Crippen molar-refractivity contribution in [3.8, 4) is 34.5 Å². The minimum atomic E-state index is -0.371. The quantitative estimate of drug-likeness (QED) is 0.305. The lowest BCUT2D eigenvalue weighted by Gasteiger charge is -2.12. The Kier molecular flexibility index (Phi) is 9.31. The fourth-order valence-electron chi connectivity index (χ4n) is 3.43. The molecule has 0 bridgehead atoms. The Morgan fingerprint density at radius 3 is 1.49 bits per heavy atom. The van der Waals surface area contributed by atoms with Gasteiger partial charge in [0.1, 0.15) is 0 Å². The van der Waals surface area contributed by atoms with Gasteiger partial charge in [0.15, 0.2) is 23.0 Å². The fraction of sp³-hybridized carbons (Fsp3) is 0.222. The maximum atomic E-state index is 12.5. The van der Waals surface area contributed by atoms with Crippen LogP contribution in [0.5, 0.6) is 34.5 Å². The maximum absolute atomic E-state index is 12.5. The molecule has 0 spiro atoms. The van der Waals surface area contributed by atoms with Crippen LogP contribution in [0.2, 0.25) is 0 Å². The minimum Gasteiger partial charge on any atom is -0.493 e. The van der Waals surface area contributed by atoms with Gasteiger partial charge in [-0.1, -0.05) is 0 Å². The zero-order chi connectivity index (χ0) is 26.8. The molecule has 1 N–H and O–H groups in total. The summed E-state index contributed by atoms with van der Waals surface area (Å²) in [6.07, 6.45) is 3.15. The number of nitrogens with one attached hydrogen (secondary N) is 1. The molecule has 0 unspecified atom stereocenters. The molecule has 0 aromatic heterocycles. The molecule has 37 heavy (non-hydrogen) atoms. The first kappa shape index (κ1) is 26.9. The second-order valence-electron chi connectivity index (χ2n) is 7.42. The van der Waals surface area contributed by atoms with Crippen LogP contribution in [0.4, 0.5) is 5.69 Å². The van der Waals surface area contributed by atoms with Gasteiger partial charge in [0.2, 0.25) is 11.5 Å². The van der Waals surface area contributed by atoms with E-state index >= 15 is 0 Å². The van der Waals surface area contributed by atoms with E-state index in [0.29, 0.717) is 51.3 Å². The highest BCUT2D eigenvalue weighted by Gasteiger charge is 2.13. The number of benzene rings is 3. The summed E-state index contributed by atoms with van der Waals surface area (Å²) < 4.78 is 32.0. The van der Waals surface area contributed by atoms with Gasteiger partial charge in [-0.3, -0.25) is 9.79 Å². The van der Waals surface area contributed by atoms with E-state index < -0.39 is 0 Å². The average molecular weight is 508 g/mol.